The van der Waals surface area contributed by atoms with Gasteiger partial charge >= 0.3 is 5.97 Å². The van der Waals surface area contributed by atoms with Gasteiger partial charge in [0.1, 0.15) is 5.75 Å². The average Bonchev–Trinajstić information content (AvgIpc) is 3.10. The maximum Gasteiger partial charge on any atom is 0.310 e. The molecule has 0 saturated heterocycles. The highest BCUT2D eigenvalue weighted by atomic mass is 79.9. The molecule has 0 radical (unpaired) electrons. The number of hydrogen-bond donors (Lipinski definition) is 0. The van der Waals surface area contributed by atoms with Crippen molar-refractivity contribution < 1.29 is 18.8 Å². The Bertz CT molecular complexity index is 862. The summed E-state index contributed by atoms with van der Waals surface area (Å²) in [4.78, 5) is 15.8. The number of esters is 1. The molecule has 0 saturated carbocycles. The van der Waals surface area contributed by atoms with Gasteiger partial charge in [0.2, 0.25) is 5.82 Å². The average molecular weight is 403 g/mol. The molecule has 3 rings (SSSR count). The first-order valence-corrected chi connectivity index (χ1v) is 8.31. The molecule has 0 aliphatic heterocycles. The normalized spacial score (nSPS) is 10.5. The molecule has 0 bridgehead atoms. The van der Waals surface area contributed by atoms with Gasteiger partial charge in [-0.05, 0) is 30.3 Å². The van der Waals surface area contributed by atoms with Gasteiger partial charge in [-0.25, -0.2) is 0 Å². The van der Waals surface area contributed by atoms with Crippen LogP contribution in [-0.2, 0) is 22.6 Å². The zero-order valence-corrected chi connectivity index (χ0v) is 15.0. The van der Waals surface area contributed by atoms with E-state index in [0.29, 0.717) is 17.5 Å². The van der Waals surface area contributed by atoms with Gasteiger partial charge in [-0.1, -0.05) is 39.3 Å². The smallest absolute Gasteiger partial charge is 0.310 e. The highest BCUT2D eigenvalue weighted by Crippen LogP contribution is 2.22. The molecule has 0 amide bonds. The topological polar surface area (TPSA) is 74.5 Å². The van der Waals surface area contributed by atoms with Crippen LogP contribution in [0.5, 0.6) is 5.75 Å². The highest BCUT2D eigenvalue weighted by Gasteiger charge is 2.12. The molecular formula is C18H15BrN2O4. The van der Waals surface area contributed by atoms with E-state index in [0.717, 1.165) is 15.6 Å². The Kier molecular flexibility index (Phi) is 5.45. The fourth-order valence-electron chi connectivity index (χ4n) is 2.19. The van der Waals surface area contributed by atoms with Crippen molar-refractivity contribution in [3.05, 3.63) is 64.5 Å². The number of carbonyl (C=O) groups is 1. The fourth-order valence-corrected chi connectivity index (χ4v) is 2.45. The van der Waals surface area contributed by atoms with Gasteiger partial charge in [0, 0.05) is 15.6 Å². The molecule has 0 aliphatic rings. The SMILES string of the molecule is COC(=O)Cc1ccccc1OCc1nc(-c2ccc(Br)cc2)no1. The van der Waals surface area contributed by atoms with Crippen LogP contribution in [0.15, 0.2) is 57.5 Å². The summed E-state index contributed by atoms with van der Waals surface area (Å²) in [5.41, 5.74) is 1.59. The quantitative estimate of drug-likeness (QED) is 0.583. The molecule has 0 fully saturated rings. The predicted octanol–water partition coefficient (Wildman–Crippen LogP) is 3.79. The minimum Gasteiger partial charge on any atom is -0.483 e. The number of benzene rings is 2. The standard InChI is InChI=1S/C18H15BrN2O4/c1-23-17(22)10-13-4-2-3-5-15(13)24-11-16-20-18(21-25-16)12-6-8-14(19)9-7-12/h2-9H,10-11H2,1H3. The van der Waals surface area contributed by atoms with Gasteiger partial charge in [-0.2, -0.15) is 4.98 Å². The van der Waals surface area contributed by atoms with E-state index in [4.69, 9.17) is 14.0 Å². The van der Waals surface area contributed by atoms with Crippen LogP contribution in [0.4, 0.5) is 0 Å². The summed E-state index contributed by atoms with van der Waals surface area (Å²) in [5.74, 6) is 1.10. The monoisotopic (exact) mass is 402 g/mol. The molecule has 0 aliphatic carbocycles. The minimum atomic E-state index is -0.327. The highest BCUT2D eigenvalue weighted by molar-refractivity contribution is 9.10. The second-order valence-electron chi connectivity index (χ2n) is 5.17. The molecular weight excluding hydrogens is 388 g/mol. The van der Waals surface area contributed by atoms with Gasteiger partial charge < -0.3 is 14.0 Å². The molecule has 3 aromatic rings. The summed E-state index contributed by atoms with van der Waals surface area (Å²) in [7, 11) is 1.36. The summed E-state index contributed by atoms with van der Waals surface area (Å²) < 4.78 is 16.6. The Hall–Kier alpha value is -2.67. The van der Waals surface area contributed by atoms with Gasteiger partial charge in [-0.3, -0.25) is 4.79 Å². The van der Waals surface area contributed by atoms with E-state index in [2.05, 4.69) is 26.1 Å². The van der Waals surface area contributed by atoms with E-state index in [-0.39, 0.29) is 19.0 Å². The van der Waals surface area contributed by atoms with Crippen molar-refractivity contribution in [2.24, 2.45) is 0 Å². The molecule has 2 aromatic carbocycles. The van der Waals surface area contributed by atoms with Crippen molar-refractivity contribution in [2.45, 2.75) is 13.0 Å². The lowest BCUT2D eigenvalue weighted by Crippen LogP contribution is -2.06. The zero-order valence-electron chi connectivity index (χ0n) is 13.4. The molecule has 1 heterocycles. The van der Waals surface area contributed by atoms with Crippen LogP contribution >= 0.6 is 15.9 Å². The Morgan fingerprint density at radius 1 is 1.16 bits per heavy atom. The van der Waals surface area contributed by atoms with Crippen molar-refractivity contribution in [3.63, 3.8) is 0 Å². The van der Waals surface area contributed by atoms with Crippen molar-refractivity contribution in [2.75, 3.05) is 7.11 Å². The van der Waals surface area contributed by atoms with E-state index >= 15 is 0 Å². The van der Waals surface area contributed by atoms with E-state index in [1.54, 1.807) is 6.07 Å². The molecule has 0 N–H and O–H groups in total. The number of halogens is 1. The van der Waals surface area contributed by atoms with E-state index in [1.165, 1.54) is 7.11 Å². The lowest BCUT2D eigenvalue weighted by atomic mass is 10.1. The third-order valence-corrected chi connectivity index (χ3v) is 3.99. The molecule has 6 nitrogen and oxygen atoms in total. The van der Waals surface area contributed by atoms with E-state index in [1.807, 2.05) is 42.5 Å². The van der Waals surface area contributed by atoms with E-state index in [9.17, 15) is 4.79 Å². The van der Waals surface area contributed by atoms with E-state index < -0.39 is 0 Å². The Morgan fingerprint density at radius 2 is 1.92 bits per heavy atom. The van der Waals surface area contributed by atoms with Crippen LogP contribution in [0.1, 0.15) is 11.5 Å². The maximum absolute atomic E-state index is 11.5. The summed E-state index contributed by atoms with van der Waals surface area (Å²) in [6.45, 7) is 0.113. The predicted molar refractivity (Wildman–Crippen MR) is 93.9 cm³/mol. The largest absolute Gasteiger partial charge is 0.483 e. The van der Waals surface area contributed by atoms with Crippen LogP contribution in [0.3, 0.4) is 0 Å². The van der Waals surface area contributed by atoms with Gasteiger partial charge in [0.05, 0.1) is 13.5 Å². The first-order chi connectivity index (χ1) is 12.2. The summed E-state index contributed by atoms with van der Waals surface area (Å²) >= 11 is 3.39. The van der Waals surface area contributed by atoms with Crippen LogP contribution in [0, 0.1) is 0 Å². The van der Waals surface area contributed by atoms with Crippen LogP contribution < -0.4 is 4.74 Å². The molecule has 1 aromatic heterocycles. The van der Waals surface area contributed by atoms with Gasteiger partial charge in [0.15, 0.2) is 6.61 Å². The summed E-state index contributed by atoms with van der Waals surface area (Å²) in [6.07, 6.45) is 0.140. The third-order valence-electron chi connectivity index (χ3n) is 3.46. The molecule has 7 heteroatoms. The number of methoxy groups -OCH3 is 1. The summed E-state index contributed by atoms with van der Waals surface area (Å²) in [5, 5.41) is 3.96. The number of ether oxygens (including phenoxy) is 2. The lowest BCUT2D eigenvalue weighted by Gasteiger charge is -2.08. The Labute approximate surface area is 152 Å². The molecule has 25 heavy (non-hydrogen) atoms. The number of nitrogens with zero attached hydrogens (tertiary/aromatic N) is 2. The van der Waals surface area contributed by atoms with Crippen molar-refractivity contribution in [1.82, 2.24) is 10.1 Å². The van der Waals surface area contributed by atoms with Crippen molar-refractivity contribution in [3.8, 4) is 17.1 Å². The minimum absolute atomic E-state index is 0.113. The van der Waals surface area contributed by atoms with Gasteiger partial charge in [0.25, 0.3) is 5.89 Å². The molecule has 0 unspecified atom stereocenters. The summed E-state index contributed by atoms with van der Waals surface area (Å²) in [6, 6.07) is 14.9. The maximum atomic E-state index is 11.5. The van der Waals surface area contributed by atoms with Crippen molar-refractivity contribution in [1.29, 1.82) is 0 Å². The third kappa shape index (κ3) is 4.45. The number of para-hydroxylation sites is 1. The lowest BCUT2D eigenvalue weighted by molar-refractivity contribution is -0.139. The Balaban J connectivity index is 1.68. The number of aromatic nitrogens is 2. The first-order valence-electron chi connectivity index (χ1n) is 7.52. The van der Waals surface area contributed by atoms with Crippen LogP contribution in [0.2, 0.25) is 0 Å². The van der Waals surface area contributed by atoms with Crippen molar-refractivity contribution >= 4 is 21.9 Å². The molecule has 0 spiro atoms. The molecule has 0 atom stereocenters. The second kappa shape index (κ2) is 7.94. The van der Waals surface area contributed by atoms with Crippen LogP contribution in [-0.4, -0.2) is 23.2 Å². The number of carbonyl (C=O) groups excluding carboxylic acids is 1. The first kappa shape index (κ1) is 17.2. The molecule has 128 valence electrons. The number of rotatable bonds is 6. The Morgan fingerprint density at radius 3 is 2.68 bits per heavy atom. The second-order valence-corrected chi connectivity index (χ2v) is 6.08. The number of hydrogen-bond acceptors (Lipinski definition) is 6. The zero-order chi connectivity index (χ0) is 17.6. The van der Waals surface area contributed by atoms with Gasteiger partial charge in [-0.15, -0.1) is 0 Å². The van der Waals surface area contributed by atoms with Crippen LogP contribution in [0.25, 0.3) is 11.4 Å². The fraction of sp³-hybridized carbons (Fsp3) is 0.167.